The van der Waals surface area contributed by atoms with Gasteiger partial charge in [-0.25, -0.2) is 4.79 Å². The molecule has 1 rings (SSSR count). The van der Waals surface area contributed by atoms with Crippen molar-refractivity contribution in [3.63, 3.8) is 0 Å². The zero-order valence-corrected chi connectivity index (χ0v) is 7.16. The smallest absolute Gasteiger partial charge is 0.409 e. The number of methoxy groups -OCH3 is 1. The van der Waals surface area contributed by atoms with E-state index in [0.717, 1.165) is 0 Å². The Morgan fingerprint density at radius 3 is 3.17 bits per heavy atom. The summed E-state index contributed by atoms with van der Waals surface area (Å²) in [6.45, 7) is 2.09. The van der Waals surface area contributed by atoms with Gasteiger partial charge in [0.15, 0.2) is 0 Å². The zero-order valence-electron chi connectivity index (χ0n) is 7.16. The van der Waals surface area contributed by atoms with Crippen LogP contribution in [0.2, 0.25) is 0 Å². The zero-order chi connectivity index (χ0) is 8.97. The largest absolute Gasteiger partial charge is 0.453 e. The van der Waals surface area contributed by atoms with E-state index >= 15 is 0 Å². The second kappa shape index (κ2) is 4.27. The van der Waals surface area contributed by atoms with E-state index in [2.05, 4.69) is 4.74 Å². The second-order valence-corrected chi connectivity index (χ2v) is 2.64. The molecule has 0 aromatic carbocycles. The Balaban J connectivity index is 2.40. The molecule has 0 aliphatic carbocycles. The van der Waals surface area contributed by atoms with E-state index in [4.69, 9.17) is 10.5 Å². The third-order valence-corrected chi connectivity index (χ3v) is 1.83. The first-order chi connectivity index (χ1) is 5.77. The van der Waals surface area contributed by atoms with E-state index in [1.54, 1.807) is 4.90 Å². The summed E-state index contributed by atoms with van der Waals surface area (Å²) in [4.78, 5) is 12.6. The summed E-state index contributed by atoms with van der Waals surface area (Å²) in [6, 6.07) is 0. The Morgan fingerprint density at radius 1 is 1.83 bits per heavy atom. The van der Waals surface area contributed by atoms with Crippen LogP contribution in [0.1, 0.15) is 0 Å². The third-order valence-electron chi connectivity index (χ3n) is 1.83. The van der Waals surface area contributed by atoms with E-state index in [9.17, 15) is 4.79 Å². The minimum absolute atomic E-state index is 0.0437. The van der Waals surface area contributed by atoms with Crippen molar-refractivity contribution in [3.8, 4) is 0 Å². The molecule has 1 saturated heterocycles. The predicted molar refractivity (Wildman–Crippen MR) is 42.8 cm³/mol. The number of carbonyl (C=O) groups is 1. The lowest BCUT2D eigenvalue weighted by atomic mass is 10.3. The number of carbonyl (C=O) groups excluding carboxylic acids is 1. The summed E-state index contributed by atoms with van der Waals surface area (Å²) in [7, 11) is 1.37. The van der Waals surface area contributed by atoms with Crippen LogP contribution in [0, 0.1) is 0 Å². The van der Waals surface area contributed by atoms with E-state index in [1.165, 1.54) is 7.11 Å². The van der Waals surface area contributed by atoms with Crippen LogP contribution in [0.5, 0.6) is 0 Å². The van der Waals surface area contributed by atoms with Crippen molar-refractivity contribution in [2.75, 3.05) is 33.4 Å². The molecular weight excluding hydrogens is 160 g/mol. The maximum absolute atomic E-state index is 11.0. The molecule has 5 nitrogen and oxygen atoms in total. The molecule has 1 fully saturated rings. The highest BCUT2D eigenvalue weighted by molar-refractivity contribution is 5.67. The molecular formula is C7H14N2O3. The van der Waals surface area contributed by atoms with Gasteiger partial charge in [-0.2, -0.15) is 0 Å². The van der Waals surface area contributed by atoms with Crippen LogP contribution in [0.4, 0.5) is 4.79 Å². The van der Waals surface area contributed by atoms with Gasteiger partial charge in [-0.1, -0.05) is 0 Å². The highest BCUT2D eigenvalue weighted by Crippen LogP contribution is 2.04. The van der Waals surface area contributed by atoms with Crippen LogP contribution >= 0.6 is 0 Å². The van der Waals surface area contributed by atoms with Crippen molar-refractivity contribution in [2.24, 2.45) is 5.73 Å². The van der Waals surface area contributed by atoms with Crippen molar-refractivity contribution >= 4 is 6.09 Å². The molecule has 0 radical (unpaired) electrons. The van der Waals surface area contributed by atoms with Gasteiger partial charge in [0.05, 0.1) is 26.4 Å². The number of nitrogens with zero attached hydrogens (tertiary/aromatic N) is 1. The standard InChI is InChI=1S/C7H14N2O3/c1-11-7(10)9-2-3-12-6(4-8)5-9/h6H,2-5,8H2,1H3/t6-/m1/s1. The average molecular weight is 174 g/mol. The van der Waals surface area contributed by atoms with Crippen molar-refractivity contribution < 1.29 is 14.3 Å². The summed E-state index contributed by atoms with van der Waals surface area (Å²) in [5, 5.41) is 0. The minimum Gasteiger partial charge on any atom is -0.453 e. The molecule has 1 atom stereocenters. The molecule has 2 N–H and O–H groups in total. The van der Waals surface area contributed by atoms with Crippen LogP contribution in [0.25, 0.3) is 0 Å². The molecule has 0 saturated carbocycles. The predicted octanol–water partition coefficient (Wildman–Crippen LogP) is -0.588. The monoisotopic (exact) mass is 174 g/mol. The quantitative estimate of drug-likeness (QED) is 0.577. The Bertz CT molecular complexity index is 163. The van der Waals surface area contributed by atoms with Crippen molar-refractivity contribution in [2.45, 2.75) is 6.10 Å². The first-order valence-electron chi connectivity index (χ1n) is 3.92. The molecule has 1 aliphatic heterocycles. The van der Waals surface area contributed by atoms with E-state index < -0.39 is 0 Å². The van der Waals surface area contributed by atoms with Crippen LogP contribution in [0.3, 0.4) is 0 Å². The van der Waals surface area contributed by atoms with E-state index in [1.807, 2.05) is 0 Å². The van der Waals surface area contributed by atoms with Gasteiger partial charge < -0.3 is 20.1 Å². The Morgan fingerprint density at radius 2 is 2.58 bits per heavy atom. The van der Waals surface area contributed by atoms with Gasteiger partial charge in [0.25, 0.3) is 0 Å². The van der Waals surface area contributed by atoms with Crippen LogP contribution in [-0.2, 0) is 9.47 Å². The van der Waals surface area contributed by atoms with Crippen LogP contribution in [-0.4, -0.2) is 50.4 Å². The van der Waals surface area contributed by atoms with Crippen molar-refractivity contribution in [1.29, 1.82) is 0 Å². The van der Waals surface area contributed by atoms with Gasteiger partial charge in [0, 0.05) is 13.1 Å². The lowest BCUT2D eigenvalue weighted by Gasteiger charge is -2.31. The summed E-state index contributed by atoms with van der Waals surface area (Å²) in [5.41, 5.74) is 5.40. The molecule has 12 heavy (non-hydrogen) atoms. The van der Waals surface area contributed by atoms with Crippen molar-refractivity contribution in [3.05, 3.63) is 0 Å². The summed E-state index contributed by atoms with van der Waals surface area (Å²) < 4.78 is 9.85. The van der Waals surface area contributed by atoms with Gasteiger partial charge in [-0.15, -0.1) is 0 Å². The normalized spacial score (nSPS) is 23.8. The van der Waals surface area contributed by atoms with Crippen LogP contribution in [0.15, 0.2) is 0 Å². The molecule has 1 aliphatic rings. The van der Waals surface area contributed by atoms with Gasteiger partial charge in [-0.05, 0) is 0 Å². The van der Waals surface area contributed by atoms with Gasteiger partial charge in [0.1, 0.15) is 0 Å². The second-order valence-electron chi connectivity index (χ2n) is 2.64. The molecule has 1 amide bonds. The molecule has 0 bridgehead atoms. The molecule has 0 aromatic heterocycles. The summed E-state index contributed by atoms with van der Waals surface area (Å²) in [5.74, 6) is 0. The fourth-order valence-corrected chi connectivity index (χ4v) is 1.16. The number of hydrogen-bond acceptors (Lipinski definition) is 4. The topological polar surface area (TPSA) is 64.8 Å². The van der Waals surface area contributed by atoms with Gasteiger partial charge >= 0.3 is 6.09 Å². The lowest BCUT2D eigenvalue weighted by Crippen LogP contribution is -2.48. The molecule has 5 heteroatoms. The van der Waals surface area contributed by atoms with E-state index in [-0.39, 0.29) is 12.2 Å². The van der Waals surface area contributed by atoms with E-state index in [0.29, 0.717) is 26.2 Å². The highest BCUT2D eigenvalue weighted by atomic mass is 16.5. The molecule has 70 valence electrons. The first-order valence-corrected chi connectivity index (χ1v) is 3.92. The van der Waals surface area contributed by atoms with Gasteiger partial charge in [0.2, 0.25) is 0 Å². The Labute approximate surface area is 71.4 Å². The fourth-order valence-electron chi connectivity index (χ4n) is 1.16. The number of nitrogens with two attached hydrogens (primary N) is 1. The summed E-state index contributed by atoms with van der Waals surface area (Å²) >= 11 is 0. The number of ether oxygens (including phenoxy) is 2. The molecule has 0 unspecified atom stereocenters. The van der Waals surface area contributed by atoms with Crippen molar-refractivity contribution in [1.82, 2.24) is 4.90 Å². The number of hydrogen-bond donors (Lipinski definition) is 1. The Kier molecular flexibility index (Phi) is 3.31. The van der Waals surface area contributed by atoms with Gasteiger partial charge in [-0.3, -0.25) is 0 Å². The number of morpholine rings is 1. The maximum atomic E-state index is 11.0. The lowest BCUT2D eigenvalue weighted by molar-refractivity contribution is -0.0195. The highest BCUT2D eigenvalue weighted by Gasteiger charge is 2.23. The SMILES string of the molecule is COC(=O)N1CCO[C@H](CN)C1. The molecule has 0 aromatic rings. The average Bonchev–Trinajstić information content (AvgIpc) is 2.17. The summed E-state index contributed by atoms with van der Waals surface area (Å²) in [6.07, 6.45) is -0.352. The fraction of sp³-hybridized carbons (Fsp3) is 0.857. The third kappa shape index (κ3) is 2.09. The molecule has 1 heterocycles. The minimum atomic E-state index is -0.309. The number of amides is 1. The van der Waals surface area contributed by atoms with Crippen LogP contribution < -0.4 is 5.73 Å². The Hall–Kier alpha value is -0.810. The number of rotatable bonds is 1. The maximum Gasteiger partial charge on any atom is 0.409 e. The first kappa shape index (κ1) is 9.28. The molecule has 0 spiro atoms.